The van der Waals surface area contributed by atoms with Crippen molar-refractivity contribution in [1.82, 2.24) is 4.90 Å². The van der Waals surface area contributed by atoms with E-state index in [2.05, 4.69) is 13.8 Å². The van der Waals surface area contributed by atoms with Gasteiger partial charge in [0.05, 0.1) is 0 Å². The first-order chi connectivity index (χ1) is 9.11. The largest absolute Gasteiger partial charge is 0.444 e. The molecule has 2 aliphatic rings. The highest BCUT2D eigenvalue weighted by Gasteiger charge is 2.64. The lowest BCUT2D eigenvalue weighted by Gasteiger charge is -2.38. The first kappa shape index (κ1) is 15.6. The molecule has 2 rings (SSSR count). The van der Waals surface area contributed by atoms with Gasteiger partial charge in [0.1, 0.15) is 5.60 Å². The quantitative estimate of drug-likeness (QED) is 0.847. The van der Waals surface area contributed by atoms with Crippen LogP contribution >= 0.6 is 0 Å². The summed E-state index contributed by atoms with van der Waals surface area (Å²) in [5.74, 6) is 0.392. The number of aliphatic hydroxyl groups is 1. The van der Waals surface area contributed by atoms with Crippen molar-refractivity contribution in [2.24, 2.45) is 16.7 Å². The van der Waals surface area contributed by atoms with E-state index in [0.717, 1.165) is 32.4 Å². The molecule has 1 saturated carbocycles. The van der Waals surface area contributed by atoms with Crippen LogP contribution in [0.2, 0.25) is 0 Å². The maximum Gasteiger partial charge on any atom is 0.410 e. The molecule has 0 bridgehead atoms. The van der Waals surface area contributed by atoms with Gasteiger partial charge in [-0.1, -0.05) is 13.8 Å². The van der Waals surface area contributed by atoms with Gasteiger partial charge in [0.2, 0.25) is 0 Å². The van der Waals surface area contributed by atoms with E-state index in [1.165, 1.54) is 0 Å². The van der Waals surface area contributed by atoms with E-state index < -0.39 is 5.60 Å². The fourth-order valence-corrected chi connectivity index (χ4v) is 3.76. The van der Waals surface area contributed by atoms with Gasteiger partial charge in [-0.2, -0.15) is 0 Å². The predicted molar refractivity (Wildman–Crippen MR) is 78.4 cm³/mol. The summed E-state index contributed by atoms with van der Waals surface area (Å²) in [6.45, 7) is 11.8. The Bertz CT molecular complexity index is 386. The first-order valence-electron chi connectivity index (χ1n) is 7.70. The van der Waals surface area contributed by atoms with Gasteiger partial charge in [-0.05, 0) is 51.4 Å². The number of piperidine rings is 1. The minimum absolute atomic E-state index is 0.00762. The molecule has 4 heteroatoms. The van der Waals surface area contributed by atoms with Gasteiger partial charge < -0.3 is 14.7 Å². The third-order valence-corrected chi connectivity index (χ3v) is 5.12. The van der Waals surface area contributed by atoms with E-state index in [0.29, 0.717) is 5.92 Å². The number of hydrogen-bond acceptors (Lipinski definition) is 3. The van der Waals surface area contributed by atoms with Crippen LogP contribution in [-0.4, -0.2) is 41.4 Å². The van der Waals surface area contributed by atoms with Gasteiger partial charge in [0.25, 0.3) is 0 Å². The predicted octanol–water partition coefficient (Wildman–Crippen LogP) is 3.04. The fraction of sp³-hybridized carbons (Fsp3) is 0.938. The van der Waals surface area contributed by atoms with Crippen molar-refractivity contribution in [3.05, 3.63) is 0 Å². The average molecular weight is 283 g/mol. The number of hydrogen-bond donors (Lipinski definition) is 1. The average Bonchev–Trinajstić information content (AvgIpc) is 2.91. The lowest BCUT2D eigenvalue weighted by molar-refractivity contribution is 0.00404. The highest BCUT2D eigenvalue weighted by Crippen LogP contribution is 2.68. The molecule has 2 atom stereocenters. The Kier molecular flexibility index (Phi) is 3.83. The van der Waals surface area contributed by atoms with Crippen molar-refractivity contribution >= 4 is 6.09 Å². The number of aliphatic hydroxyl groups excluding tert-OH is 1. The zero-order valence-corrected chi connectivity index (χ0v) is 13.5. The van der Waals surface area contributed by atoms with Crippen LogP contribution in [0.4, 0.5) is 4.79 Å². The second-order valence-electron chi connectivity index (χ2n) is 8.14. The number of carbonyl (C=O) groups is 1. The summed E-state index contributed by atoms with van der Waals surface area (Å²) in [4.78, 5) is 14.0. The van der Waals surface area contributed by atoms with Gasteiger partial charge in [-0.25, -0.2) is 4.79 Å². The van der Waals surface area contributed by atoms with Crippen LogP contribution in [-0.2, 0) is 4.74 Å². The number of nitrogens with zero attached hydrogens (tertiary/aromatic N) is 1. The number of likely N-dealkylation sites (tertiary alicyclic amines) is 1. The number of amides is 1. The summed E-state index contributed by atoms with van der Waals surface area (Å²) in [5, 5.41) is 9.82. The van der Waals surface area contributed by atoms with Crippen LogP contribution in [0.25, 0.3) is 0 Å². The SMILES string of the molecule is CC(C)(C)OC(=O)N1CCCC(C2(CO)CC2(C)C)C1. The Morgan fingerprint density at radius 2 is 2.00 bits per heavy atom. The van der Waals surface area contributed by atoms with Gasteiger partial charge in [-0.15, -0.1) is 0 Å². The highest BCUT2D eigenvalue weighted by atomic mass is 16.6. The zero-order chi connectivity index (χ0) is 15.2. The Morgan fingerprint density at radius 1 is 1.40 bits per heavy atom. The van der Waals surface area contributed by atoms with Crippen LogP contribution in [0.5, 0.6) is 0 Å². The van der Waals surface area contributed by atoms with Crippen LogP contribution in [0.15, 0.2) is 0 Å². The molecule has 116 valence electrons. The summed E-state index contributed by atoms with van der Waals surface area (Å²) >= 11 is 0. The minimum Gasteiger partial charge on any atom is -0.444 e. The molecule has 4 nitrogen and oxygen atoms in total. The van der Waals surface area contributed by atoms with Crippen LogP contribution < -0.4 is 0 Å². The first-order valence-corrected chi connectivity index (χ1v) is 7.70. The van der Waals surface area contributed by atoms with Gasteiger partial charge in [0.15, 0.2) is 0 Å². The number of ether oxygens (including phenoxy) is 1. The van der Waals surface area contributed by atoms with Crippen molar-refractivity contribution in [2.45, 2.75) is 59.5 Å². The van der Waals surface area contributed by atoms with Crippen molar-refractivity contribution in [1.29, 1.82) is 0 Å². The maximum absolute atomic E-state index is 12.2. The summed E-state index contributed by atoms with van der Waals surface area (Å²) in [5.41, 5.74) is -0.241. The van der Waals surface area contributed by atoms with E-state index in [4.69, 9.17) is 4.74 Å². The highest BCUT2D eigenvalue weighted by molar-refractivity contribution is 5.68. The van der Waals surface area contributed by atoms with Crippen molar-refractivity contribution < 1.29 is 14.6 Å². The third kappa shape index (κ3) is 2.80. The Morgan fingerprint density at radius 3 is 2.45 bits per heavy atom. The van der Waals surface area contributed by atoms with Gasteiger partial charge in [-0.3, -0.25) is 0 Å². The summed E-state index contributed by atoms with van der Waals surface area (Å²) in [7, 11) is 0. The topological polar surface area (TPSA) is 49.8 Å². The molecule has 1 heterocycles. The molecule has 1 saturated heterocycles. The molecule has 1 aliphatic carbocycles. The van der Waals surface area contributed by atoms with Crippen molar-refractivity contribution in [3.8, 4) is 0 Å². The minimum atomic E-state index is -0.447. The van der Waals surface area contributed by atoms with Crippen LogP contribution in [0.3, 0.4) is 0 Å². The van der Waals surface area contributed by atoms with E-state index in [9.17, 15) is 9.90 Å². The molecule has 2 unspecified atom stereocenters. The summed E-state index contributed by atoms with van der Waals surface area (Å²) in [6.07, 6.45) is 2.95. The van der Waals surface area contributed by atoms with E-state index in [1.54, 1.807) is 0 Å². The smallest absolute Gasteiger partial charge is 0.410 e. The zero-order valence-electron chi connectivity index (χ0n) is 13.5. The molecule has 1 aliphatic heterocycles. The lowest BCUT2D eigenvalue weighted by atomic mass is 9.78. The molecule has 1 N–H and O–H groups in total. The van der Waals surface area contributed by atoms with Gasteiger partial charge >= 0.3 is 6.09 Å². The standard InChI is InChI=1S/C16H29NO3/c1-14(2,3)20-13(19)17-8-6-7-12(9-17)16(11-18)10-15(16,4)5/h12,18H,6-11H2,1-5H3. The molecule has 0 aromatic rings. The molecule has 0 aromatic heterocycles. The number of rotatable bonds is 2. The molecule has 20 heavy (non-hydrogen) atoms. The third-order valence-electron chi connectivity index (χ3n) is 5.12. The summed E-state index contributed by atoms with van der Waals surface area (Å²) < 4.78 is 5.47. The molecular weight excluding hydrogens is 254 g/mol. The van der Waals surface area contributed by atoms with Gasteiger partial charge in [0, 0.05) is 25.1 Å². The Balaban J connectivity index is 2.01. The number of carbonyl (C=O) groups excluding carboxylic acids is 1. The van der Waals surface area contributed by atoms with Crippen LogP contribution in [0, 0.1) is 16.7 Å². The molecule has 1 amide bonds. The maximum atomic E-state index is 12.2. The lowest BCUT2D eigenvalue weighted by Crippen LogP contribution is -2.46. The Hall–Kier alpha value is -0.770. The fourth-order valence-electron chi connectivity index (χ4n) is 3.76. The van der Waals surface area contributed by atoms with Crippen LogP contribution in [0.1, 0.15) is 53.9 Å². The molecular formula is C16H29NO3. The molecule has 0 aromatic carbocycles. The molecule has 2 fully saturated rings. The van der Waals surface area contributed by atoms with E-state index >= 15 is 0 Å². The second kappa shape index (κ2) is 4.90. The Labute approximate surface area is 122 Å². The second-order valence-corrected chi connectivity index (χ2v) is 8.14. The summed E-state index contributed by atoms with van der Waals surface area (Å²) in [6, 6.07) is 0. The van der Waals surface area contributed by atoms with E-state index in [-0.39, 0.29) is 23.5 Å². The normalized spacial score (nSPS) is 32.9. The van der Waals surface area contributed by atoms with Crippen molar-refractivity contribution in [2.75, 3.05) is 19.7 Å². The van der Waals surface area contributed by atoms with E-state index in [1.807, 2.05) is 25.7 Å². The molecule has 0 radical (unpaired) electrons. The molecule has 0 spiro atoms. The van der Waals surface area contributed by atoms with Crippen molar-refractivity contribution in [3.63, 3.8) is 0 Å². The monoisotopic (exact) mass is 283 g/mol.